The third kappa shape index (κ3) is 3.72. The molecule has 0 spiro atoms. The molecule has 1 aromatic rings. The molecule has 0 fully saturated rings. The largest absolute Gasteiger partial charge is 0.448 e. The molecule has 5 nitrogen and oxygen atoms in total. The van der Waals surface area contributed by atoms with Crippen LogP contribution in [0.15, 0.2) is 6.20 Å². The van der Waals surface area contributed by atoms with Crippen molar-refractivity contribution in [1.29, 1.82) is 0 Å². The van der Waals surface area contributed by atoms with Gasteiger partial charge < -0.3 is 9.64 Å². The van der Waals surface area contributed by atoms with Gasteiger partial charge in [-0.15, -0.1) is 0 Å². The van der Waals surface area contributed by atoms with Crippen LogP contribution in [0, 0.1) is 0 Å². The number of amides is 1. The minimum Gasteiger partial charge on any atom is -0.448 e. The molecule has 1 aromatic heterocycles. The molecule has 1 atom stereocenters. The van der Waals surface area contributed by atoms with E-state index >= 15 is 0 Å². The van der Waals surface area contributed by atoms with Crippen molar-refractivity contribution in [2.45, 2.75) is 13.0 Å². The minimum absolute atomic E-state index is 0.0110. The Balaban J connectivity index is 2.91. The van der Waals surface area contributed by atoms with Crippen LogP contribution in [0.4, 0.5) is 0 Å². The number of carbonyl (C=O) groups excluding carboxylic acids is 2. The van der Waals surface area contributed by atoms with E-state index in [1.54, 1.807) is 14.1 Å². The summed E-state index contributed by atoms with van der Waals surface area (Å²) in [6.45, 7) is 1.45. The summed E-state index contributed by atoms with van der Waals surface area (Å²) in [6.07, 6.45) is 0.236. The van der Waals surface area contributed by atoms with E-state index in [9.17, 15) is 9.59 Å². The average Bonchev–Trinajstić information content (AvgIpc) is 2.34. The lowest BCUT2D eigenvalue weighted by Gasteiger charge is -2.17. The summed E-state index contributed by atoms with van der Waals surface area (Å²) in [4.78, 5) is 28.4. The van der Waals surface area contributed by atoms with Crippen molar-refractivity contribution in [3.05, 3.63) is 27.0 Å². The highest BCUT2D eigenvalue weighted by Gasteiger charge is 2.24. The number of hydrogen-bond donors (Lipinski definition) is 0. The second-order valence-corrected chi connectivity index (χ2v) is 5.03. The summed E-state index contributed by atoms with van der Waals surface area (Å²) >= 11 is 17.3. The maximum atomic E-state index is 11.8. The van der Waals surface area contributed by atoms with E-state index in [0.717, 1.165) is 0 Å². The Bertz CT molecular complexity index is 520. The zero-order chi connectivity index (χ0) is 14.7. The van der Waals surface area contributed by atoms with Crippen LogP contribution in [0.5, 0.6) is 0 Å². The molecule has 0 saturated heterocycles. The van der Waals surface area contributed by atoms with Crippen molar-refractivity contribution in [1.82, 2.24) is 9.88 Å². The highest BCUT2D eigenvalue weighted by Crippen LogP contribution is 2.31. The van der Waals surface area contributed by atoms with Crippen LogP contribution in [0.1, 0.15) is 17.4 Å². The van der Waals surface area contributed by atoms with Crippen LogP contribution in [0.2, 0.25) is 15.1 Å². The Hall–Kier alpha value is -1.04. The number of hydrogen-bond acceptors (Lipinski definition) is 4. The van der Waals surface area contributed by atoms with Crippen LogP contribution in [-0.2, 0) is 9.53 Å². The van der Waals surface area contributed by atoms with E-state index in [2.05, 4.69) is 4.98 Å². The number of carbonyl (C=O) groups is 2. The number of pyridine rings is 1. The smallest absolute Gasteiger partial charge is 0.359 e. The van der Waals surface area contributed by atoms with Crippen LogP contribution in [0.25, 0.3) is 0 Å². The predicted molar refractivity (Wildman–Crippen MR) is 72.8 cm³/mol. The number of aromatic nitrogens is 1. The summed E-state index contributed by atoms with van der Waals surface area (Å²) in [5.41, 5.74) is -0.186. The molecule has 0 bridgehead atoms. The maximum absolute atomic E-state index is 11.8. The first-order valence-corrected chi connectivity index (χ1v) is 6.30. The van der Waals surface area contributed by atoms with Crippen LogP contribution < -0.4 is 0 Å². The normalized spacial score (nSPS) is 11.9. The molecule has 0 aliphatic rings. The SMILES string of the molecule is C[C@H](OC(=O)c1ncc(Cl)c(Cl)c1Cl)C(=O)N(C)C. The van der Waals surface area contributed by atoms with Gasteiger partial charge in [0.05, 0.1) is 15.1 Å². The third-order valence-electron chi connectivity index (χ3n) is 2.18. The van der Waals surface area contributed by atoms with Crippen LogP contribution >= 0.6 is 34.8 Å². The van der Waals surface area contributed by atoms with Gasteiger partial charge in [-0.25, -0.2) is 9.78 Å². The van der Waals surface area contributed by atoms with Gasteiger partial charge in [-0.1, -0.05) is 34.8 Å². The van der Waals surface area contributed by atoms with E-state index < -0.39 is 12.1 Å². The van der Waals surface area contributed by atoms with Gasteiger partial charge in [-0.2, -0.15) is 0 Å². The second kappa shape index (κ2) is 6.41. The molecule has 0 aliphatic carbocycles. The van der Waals surface area contributed by atoms with Gasteiger partial charge in [0.25, 0.3) is 5.91 Å². The molecule has 104 valence electrons. The molecule has 0 aliphatic heterocycles. The van der Waals surface area contributed by atoms with Crippen molar-refractivity contribution < 1.29 is 14.3 Å². The summed E-state index contributed by atoms with van der Waals surface area (Å²) in [5, 5.41) is 0.0289. The van der Waals surface area contributed by atoms with Crippen LogP contribution in [-0.4, -0.2) is 42.0 Å². The molecule has 19 heavy (non-hydrogen) atoms. The number of esters is 1. The van der Waals surface area contributed by atoms with Gasteiger partial charge in [0.1, 0.15) is 0 Å². The molecule has 1 amide bonds. The number of halogens is 3. The fourth-order valence-corrected chi connectivity index (χ4v) is 1.77. The van der Waals surface area contributed by atoms with Crippen LogP contribution in [0.3, 0.4) is 0 Å². The Morgan fingerprint density at radius 1 is 1.26 bits per heavy atom. The molecule has 0 saturated carbocycles. The van der Waals surface area contributed by atoms with E-state index in [-0.39, 0.29) is 26.7 Å². The lowest BCUT2D eigenvalue weighted by atomic mass is 10.3. The molecule has 1 heterocycles. The van der Waals surface area contributed by atoms with Gasteiger partial charge in [0, 0.05) is 20.3 Å². The fraction of sp³-hybridized carbons (Fsp3) is 0.364. The van der Waals surface area contributed by atoms with E-state index in [0.29, 0.717) is 0 Å². The average molecular weight is 326 g/mol. The quantitative estimate of drug-likeness (QED) is 0.802. The Morgan fingerprint density at radius 2 is 1.84 bits per heavy atom. The number of rotatable bonds is 3. The molecule has 0 N–H and O–H groups in total. The van der Waals surface area contributed by atoms with Gasteiger partial charge >= 0.3 is 5.97 Å². The molecular formula is C11H11Cl3N2O3. The monoisotopic (exact) mass is 324 g/mol. The molecule has 0 aromatic carbocycles. The summed E-state index contributed by atoms with van der Waals surface area (Å²) < 4.78 is 4.96. The van der Waals surface area contributed by atoms with Crippen molar-refractivity contribution in [2.75, 3.05) is 14.1 Å². The maximum Gasteiger partial charge on any atom is 0.359 e. The minimum atomic E-state index is -0.949. The Labute approximate surface area is 125 Å². The second-order valence-electron chi connectivity index (χ2n) is 3.86. The lowest BCUT2D eigenvalue weighted by molar-refractivity contribution is -0.137. The molecule has 0 radical (unpaired) electrons. The van der Waals surface area contributed by atoms with E-state index in [1.165, 1.54) is 18.0 Å². The van der Waals surface area contributed by atoms with Gasteiger partial charge in [-0.3, -0.25) is 4.79 Å². The molecular weight excluding hydrogens is 314 g/mol. The third-order valence-corrected chi connectivity index (χ3v) is 3.42. The zero-order valence-corrected chi connectivity index (χ0v) is 12.7. The Kier molecular flexibility index (Phi) is 5.40. The predicted octanol–water partition coefficient (Wildman–Crippen LogP) is 2.68. The lowest BCUT2D eigenvalue weighted by Crippen LogP contribution is -2.35. The topological polar surface area (TPSA) is 59.5 Å². The highest BCUT2D eigenvalue weighted by molar-refractivity contribution is 6.48. The van der Waals surface area contributed by atoms with Crippen molar-refractivity contribution in [3.63, 3.8) is 0 Å². The number of nitrogens with zero attached hydrogens (tertiary/aromatic N) is 2. The van der Waals surface area contributed by atoms with Crippen molar-refractivity contribution in [2.24, 2.45) is 0 Å². The summed E-state index contributed by atoms with van der Waals surface area (Å²) in [6, 6.07) is 0. The van der Waals surface area contributed by atoms with Crippen molar-refractivity contribution >= 4 is 46.7 Å². The first-order chi connectivity index (χ1) is 8.75. The number of likely N-dealkylation sites (N-methyl/N-ethyl adjacent to an activating group) is 1. The Morgan fingerprint density at radius 3 is 2.37 bits per heavy atom. The zero-order valence-electron chi connectivity index (χ0n) is 10.4. The highest BCUT2D eigenvalue weighted by atomic mass is 35.5. The molecule has 8 heteroatoms. The van der Waals surface area contributed by atoms with Gasteiger partial charge in [0.2, 0.25) is 0 Å². The van der Waals surface area contributed by atoms with E-state index in [4.69, 9.17) is 39.5 Å². The fourth-order valence-electron chi connectivity index (χ4n) is 1.22. The summed E-state index contributed by atoms with van der Waals surface area (Å²) in [5.74, 6) is -1.20. The van der Waals surface area contributed by atoms with E-state index in [1.807, 2.05) is 0 Å². The van der Waals surface area contributed by atoms with Gasteiger partial charge in [0.15, 0.2) is 11.8 Å². The van der Waals surface area contributed by atoms with Gasteiger partial charge in [-0.05, 0) is 6.92 Å². The molecule has 0 unspecified atom stereocenters. The first kappa shape index (κ1) is 16.0. The van der Waals surface area contributed by atoms with Crippen molar-refractivity contribution in [3.8, 4) is 0 Å². The molecule has 1 rings (SSSR count). The summed E-state index contributed by atoms with van der Waals surface area (Å²) in [7, 11) is 3.11. The standard InChI is InChI=1S/C11H11Cl3N2O3/c1-5(10(17)16(2)3)19-11(18)9-8(14)7(13)6(12)4-15-9/h4-5H,1-3H3/t5-/m0/s1. The number of ether oxygens (including phenoxy) is 1. The first-order valence-electron chi connectivity index (χ1n) is 5.17.